The van der Waals surface area contributed by atoms with Gasteiger partial charge in [0, 0.05) is 37.6 Å². The topological polar surface area (TPSA) is 43.8 Å². The summed E-state index contributed by atoms with van der Waals surface area (Å²) in [6.45, 7) is 14.4. The first-order valence-electron chi connectivity index (χ1n) is 11.4. The molecule has 0 radical (unpaired) electrons. The first kappa shape index (κ1) is 23.8. The largest absolute Gasteiger partial charge is 0.480 e. The van der Waals surface area contributed by atoms with Crippen LogP contribution in [-0.2, 0) is 10.2 Å². The zero-order valence-electron chi connectivity index (χ0n) is 19.3. The van der Waals surface area contributed by atoms with E-state index in [1.165, 1.54) is 0 Å². The Bertz CT molecular complexity index is 720. The van der Waals surface area contributed by atoms with Gasteiger partial charge in [-0.3, -0.25) is 4.79 Å². The number of carboxylic acids is 1. The maximum Gasteiger partial charge on any atom is 0.318 e. The highest BCUT2D eigenvalue weighted by atomic mass is 16.4. The second-order valence-corrected chi connectivity index (χ2v) is 7.75. The van der Waals surface area contributed by atoms with E-state index in [9.17, 15) is 9.90 Å². The number of unbranched alkanes of at least 4 members (excludes halogenated alkanes) is 1. The number of carbonyl (C=O) groups is 1. The molecular formula is C26H38N2O2. The molecule has 0 unspecified atom stereocenters. The zero-order valence-corrected chi connectivity index (χ0v) is 19.3. The van der Waals surface area contributed by atoms with Gasteiger partial charge in [0.1, 0.15) is 5.41 Å². The molecule has 2 rings (SSSR count). The minimum absolute atomic E-state index is 0.591. The van der Waals surface area contributed by atoms with E-state index in [1.54, 1.807) is 0 Å². The molecule has 0 aromatic heterocycles. The first-order valence-corrected chi connectivity index (χ1v) is 11.4. The number of nitrogens with zero attached hydrogens (tertiary/aromatic N) is 2. The van der Waals surface area contributed by atoms with Gasteiger partial charge in [-0.15, -0.1) is 0 Å². The molecule has 30 heavy (non-hydrogen) atoms. The van der Waals surface area contributed by atoms with Gasteiger partial charge in [0.15, 0.2) is 0 Å². The lowest BCUT2D eigenvalue weighted by Gasteiger charge is -2.32. The van der Waals surface area contributed by atoms with Crippen LogP contribution in [0.2, 0.25) is 0 Å². The fourth-order valence-electron chi connectivity index (χ4n) is 4.34. The molecule has 4 heteroatoms. The number of anilines is 2. The smallest absolute Gasteiger partial charge is 0.318 e. The summed E-state index contributed by atoms with van der Waals surface area (Å²) < 4.78 is 0. The number of benzene rings is 2. The van der Waals surface area contributed by atoms with Crippen molar-refractivity contribution in [3.8, 4) is 0 Å². The van der Waals surface area contributed by atoms with Crippen LogP contribution in [0, 0.1) is 0 Å². The summed E-state index contributed by atoms with van der Waals surface area (Å²) in [7, 11) is 0. The van der Waals surface area contributed by atoms with Crippen molar-refractivity contribution in [3.63, 3.8) is 0 Å². The minimum Gasteiger partial charge on any atom is -0.480 e. The molecule has 0 bridgehead atoms. The van der Waals surface area contributed by atoms with Gasteiger partial charge < -0.3 is 14.9 Å². The van der Waals surface area contributed by atoms with E-state index in [-0.39, 0.29) is 0 Å². The van der Waals surface area contributed by atoms with E-state index in [0.29, 0.717) is 6.42 Å². The second-order valence-electron chi connectivity index (χ2n) is 7.75. The lowest BCUT2D eigenvalue weighted by molar-refractivity contribution is -0.142. The Morgan fingerprint density at radius 1 is 0.733 bits per heavy atom. The molecule has 0 atom stereocenters. The highest BCUT2D eigenvalue weighted by Crippen LogP contribution is 2.39. The number of rotatable bonds is 12. The predicted octanol–water partition coefficient (Wildman–Crippen LogP) is 5.94. The highest BCUT2D eigenvalue weighted by Gasteiger charge is 2.41. The molecule has 1 N–H and O–H groups in total. The van der Waals surface area contributed by atoms with Gasteiger partial charge >= 0.3 is 5.97 Å². The molecule has 0 saturated carbocycles. The Kier molecular flexibility index (Phi) is 8.76. The monoisotopic (exact) mass is 410 g/mol. The van der Waals surface area contributed by atoms with E-state index in [4.69, 9.17) is 0 Å². The molecular weight excluding hydrogens is 372 g/mol. The third-order valence-electron chi connectivity index (χ3n) is 6.25. The molecule has 0 saturated heterocycles. The van der Waals surface area contributed by atoms with Crippen LogP contribution >= 0.6 is 0 Å². The average Bonchev–Trinajstić information content (AvgIpc) is 2.77. The van der Waals surface area contributed by atoms with Crippen molar-refractivity contribution in [3.05, 3.63) is 59.7 Å². The summed E-state index contributed by atoms with van der Waals surface area (Å²) in [4.78, 5) is 17.3. The summed E-state index contributed by atoms with van der Waals surface area (Å²) in [5.41, 5.74) is 2.95. The van der Waals surface area contributed by atoms with Crippen LogP contribution in [0.15, 0.2) is 48.5 Å². The van der Waals surface area contributed by atoms with Crippen LogP contribution in [0.1, 0.15) is 65.0 Å². The Morgan fingerprint density at radius 2 is 1.10 bits per heavy atom. The van der Waals surface area contributed by atoms with Crippen LogP contribution in [-0.4, -0.2) is 37.3 Å². The standard InChI is InChI=1S/C26H38N2O2/c1-6-11-20-26(25(29)30,21-12-16-23(17-13-21)27(7-2)8-3)22-14-18-24(19-15-22)28(9-4)10-5/h12-19H,6-11,20H2,1-5H3,(H,29,30). The van der Waals surface area contributed by atoms with E-state index < -0.39 is 11.4 Å². The van der Waals surface area contributed by atoms with Gasteiger partial charge in [0.05, 0.1) is 0 Å². The lowest BCUT2D eigenvalue weighted by Crippen LogP contribution is -2.37. The maximum absolute atomic E-state index is 12.8. The second kappa shape index (κ2) is 11.1. The zero-order chi connectivity index (χ0) is 22.1. The van der Waals surface area contributed by atoms with Crippen LogP contribution in [0.5, 0.6) is 0 Å². The first-order chi connectivity index (χ1) is 14.5. The SMILES string of the molecule is CCCCC(C(=O)O)(c1ccc(N(CC)CC)cc1)c1ccc(N(CC)CC)cc1. The predicted molar refractivity (Wildman–Crippen MR) is 128 cm³/mol. The molecule has 0 spiro atoms. The van der Waals surface area contributed by atoms with Crippen molar-refractivity contribution in [1.29, 1.82) is 0 Å². The molecule has 0 aliphatic heterocycles. The summed E-state index contributed by atoms with van der Waals surface area (Å²) in [5.74, 6) is -0.776. The van der Waals surface area contributed by atoms with Crippen molar-refractivity contribution in [2.24, 2.45) is 0 Å². The van der Waals surface area contributed by atoms with Crippen LogP contribution in [0.4, 0.5) is 11.4 Å². The van der Waals surface area contributed by atoms with Gasteiger partial charge in [0.25, 0.3) is 0 Å². The van der Waals surface area contributed by atoms with Gasteiger partial charge in [-0.25, -0.2) is 0 Å². The van der Waals surface area contributed by atoms with Crippen LogP contribution < -0.4 is 9.80 Å². The quantitative estimate of drug-likeness (QED) is 0.470. The minimum atomic E-state index is -1.03. The summed E-state index contributed by atoms with van der Waals surface area (Å²) in [6, 6.07) is 16.3. The third-order valence-corrected chi connectivity index (χ3v) is 6.25. The maximum atomic E-state index is 12.8. The molecule has 0 aliphatic carbocycles. The van der Waals surface area contributed by atoms with E-state index in [1.807, 2.05) is 24.3 Å². The normalized spacial score (nSPS) is 11.4. The van der Waals surface area contributed by atoms with Gasteiger partial charge in [-0.2, -0.15) is 0 Å². The van der Waals surface area contributed by atoms with Gasteiger partial charge in [0.2, 0.25) is 0 Å². The van der Waals surface area contributed by atoms with Crippen molar-refractivity contribution in [2.75, 3.05) is 36.0 Å². The fraction of sp³-hybridized carbons (Fsp3) is 0.500. The average molecular weight is 411 g/mol. The Morgan fingerprint density at radius 3 is 1.37 bits per heavy atom. The number of hydrogen-bond acceptors (Lipinski definition) is 3. The van der Waals surface area contributed by atoms with Gasteiger partial charge in [-0.1, -0.05) is 44.0 Å². The molecule has 0 fully saturated rings. The molecule has 0 heterocycles. The van der Waals surface area contributed by atoms with Crippen molar-refractivity contribution in [2.45, 2.75) is 59.3 Å². The van der Waals surface area contributed by atoms with Crippen LogP contribution in [0.3, 0.4) is 0 Å². The number of carboxylic acid groups (broad SMARTS) is 1. The molecule has 0 amide bonds. The van der Waals surface area contributed by atoms with Crippen LogP contribution in [0.25, 0.3) is 0 Å². The Hall–Kier alpha value is -2.49. The fourth-order valence-corrected chi connectivity index (χ4v) is 4.34. The highest BCUT2D eigenvalue weighted by molar-refractivity contribution is 5.86. The third kappa shape index (κ3) is 4.80. The molecule has 2 aromatic carbocycles. The van der Waals surface area contributed by atoms with Gasteiger partial charge in [-0.05, 0) is 69.5 Å². The van der Waals surface area contributed by atoms with E-state index in [0.717, 1.165) is 61.5 Å². The summed E-state index contributed by atoms with van der Waals surface area (Å²) >= 11 is 0. The molecule has 0 aliphatic rings. The summed E-state index contributed by atoms with van der Waals surface area (Å²) in [5, 5.41) is 10.5. The number of aliphatic carboxylic acids is 1. The van der Waals surface area contributed by atoms with E-state index >= 15 is 0 Å². The number of hydrogen-bond donors (Lipinski definition) is 1. The molecule has 2 aromatic rings. The van der Waals surface area contributed by atoms with Crippen molar-refractivity contribution < 1.29 is 9.90 Å². The molecule has 4 nitrogen and oxygen atoms in total. The summed E-state index contributed by atoms with van der Waals surface area (Å²) in [6.07, 6.45) is 2.42. The van der Waals surface area contributed by atoms with E-state index in [2.05, 4.69) is 68.7 Å². The Balaban J connectivity index is 2.54. The molecule has 164 valence electrons. The van der Waals surface area contributed by atoms with Crippen molar-refractivity contribution >= 4 is 17.3 Å². The Labute approximate surface area is 182 Å². The van der Waals surface area contributed by atoms with Crippen molar-refractivity contribution in [1.82, 2.24) is 0 Å². The lowest BCUT2D eigenvalue weighted by atomic mass is 9.71.